The zero-order valence-electron chi connectivity index (χ0n) is 5.90. The molecule has 0 aliphatic rings. The lowest BCUT2D eigenvalue weighted by Crippen LogP contribution is -2.19. The van der Waals surface area contributed by atoms with E-state index >= 15 is 0 Å². The van der Waals surface area contributed by atoms with E-state index in [4.69, 9.17) is 0 Å². The minimum Gasteiger partial charge on any atom is -0.296 e. The van der Waals surface area contributed by atoms with Gasteiger partial charge >= 0.3 is 5.69 Å². The highest BCUT2D eigenvalue weighted by Crippen LogP contribution is 1.91. The number of nitrogens with one attached hydrogen (secondary N) is 1. The van der Waals surface area contributed by atoms with Crippen LogP contribution in [0.1, 0.15) is 5.82 Å². The number of hydrogen-bond donors (Lipinski definition) is 1. The molecule has 11 heavy (non-hydrogen) atoms. The van der Waals surface area contributed by atoms with Crippen molar-refractivity contribution in [1.82, 2.24) is 19.6 Å². The van der Waals surface area contributed by atoms with E-state index in [2.05, 4.69) is 15.1 Å². The maximum Gasteiger partial charge on any atom is 0.370 e. The summed E-state index contributed by atoms with van der Waals surface area (Å²) in [6.07, 6.45) is 1.64. The number of aromatic nitrogens is 4. The second kappa shape index (κ2) is 1.91. The quantitative estimate of drug-likeness (QED) is 0.562. The fraction of sp³-hybridized carbons (Fsp3) is 0.167. The molecule has 1 N–H and O–H groups in total. The Morgan fingerprint density at radius 2 is 2.36 bits per heavy atom. The first-order chi connectivity index (χ1) is 5.27. The molecule has 0 aliphatic carbocycles. The zero-order chi connectivity index (χ0) is 7.84. The molecule has 0 aromatic carbocycles. The van der Waals surface area contributed by atoms with Gasteiger partial charge < -0.3 is 0 Å². The van der Waals surface area contributed by atoms with Crippen LogP contribution in [0.4, 0.5) is 0 Å². The summed E-state index contributed by atoms with van der Waals surface area (Å²) in [5.41, 5.74) is 0.278. The molecule has 0 aliphatic heterocycles. The molecule has 0 fully saturated rings. The summed E-state index contributed by atoms with van der Waals surface area (Å²) < 4.78 is 1.28. The van der Waals surface area contributed by atoms with Gasteiger partial charge in [0.05, 0.1) is 0 Å². The van der Waals surface area contributed by atoms with Gasteiger partial charge in [-0.15, -0.1) is 0 Å². The van der Waals surface area contributed by atoms with Crippen LogP contribution in [0.15, 0.2) is 17.1 Å². The van der Waals surface area contributed by atoms with Gasteiger partial charge in [0.2, 0.25) is 0 Å². The molecule has 0 radical (unpaired) electrons. The lowest BCUT2D eigenvalue weighted by Gasteiger charge is -1.90. The molecular formula is C6H6N4O. The normalized spacial score (nSPS) is 10.6. The van der Waals surface area contributed by atoms with E-state index in [1.807, 2.05) is 0 Å². The standard InChI is InChI=1S/C6H6N4O/c1-4-8-5-2-3-7-10(5)6(11)9-4/h2-3,7H,1H3. The van der Waals surface area contributed by atoms with Crippen LogP contribution < -0.4 is 5.69 Å². The second-order valence-corrected chi connectivity index (χ2v) is 2.21. The van der Waals surface area contributed by atoms with Crippen LogP contribution in [-0.2, 0) is 0 Å². The molecule has 0 bridgehead atoms. The molecule has 0 unspecified atom stereocenters. The van der Waals surface area contributed by atoms with E-state index in [1.54, 1.807) is 19.2 Å². The van der Waals surface area contributed by atoms with Crippen molar-refractivity contribution in [2.75, 3.05) is 0 Å². The van der Waals surface area contributed by atoms with E-state index < -0.39 is 0 Å². The average molecular weight is 150 g/mol. The largest absolute Gasteiger partial charge is 0.370 e. The molecule has 5 heteroatoms. The number of aryl methyl sites for hydroxylation is 1. The molecule has 2 aromatic heterocycles. The van der Waals surface area contributed by atoms with Crippen LogP contribution in [0, 0.1) is 6.92 Å². The molecule has 5 nitrogen and oxygen atoms in total. The molecule has 2 heterocycles. The molecule has 0 saturated carbocycles. The van der Waals surface area contributed by atoms with Crippen molar-refractivity contribution in [1.29, 1.82) is 0 Å². The van der Waals surface area contributed by atoms with Crippen molar-refractivity contribution in [3.8, 4) is 0 Å². The Morgan fingerprint density at radius 3 is 3.18 bits per heavy atom. The van der Waals surface area contributed by atoms with Crippen molar-refractivity contribution in [3.05, 3.63) is 28.6 Å². The summed E-state index contributed by atoms with van der Waals surface area (Å²) in [5.74, 6) is 0.495. The highest BCUT2D eigenvalue weighted by Gasteiger charge is 1.98. The zero-order valence-corrected chi connectivity index (χ0v) is 5.90. The third-order valence-electron chi connectivity index (χ3n) is 1.39. The van der Waals surface area contributed by atoms with Crippen LogP contribution in [0.2, 0.25) is 0 Å². The van der Waals surface area contributed by atoms with Crippen LogP contribution in [-0.4, -0.2) is 19.6 Å². The van der Waals surface area contributed by atoms with Gasteiger partial charge in [0.1, 0.15) is 5.82 Å². The third kappa shape index (κ3) is 0.813. The fourth-order valence-corrected chi connectivity index (χ4v) is 0.947. The van der Waals surface area contributed by atoms with Crippen molar-refractivity contribution < 1.29 is 0 Å². The van der Waals surface area contributed by atoms with E-state index in [9.17, 15) is 4.79 Å². The van der Waals surface area contributed by atoms with Crippen LogP contribution >= 0.6 is 0 Å². The molecular weight excluding hydrogens is 144 g/mol. The molecule has 2 rings (SSSR count). The van der Waals surface area contributed by atoms with E-state index in [1.165, 1.54) is 4.52 Å². The molecule has 56 valence electrons. The Balaban J connectivity index is 3.02. The van der Waals surface area contributed by atoms with Gasteiger partial charge in [-0.3, -0.25) is 5.10 Å². The SMILES string of the molecule is Cc1nc(=O)n2[nH]ccc2n1. The first kappa shape index (κ1) is 6.09. The first-order valence-corrected chi connectivity index (χ1v) is 3.18. The van der Waals surface area contributed by atoms with Gasteiger partial charge in [0.25, 0.3) is 0 Å². The van der Waals surface area contributed by atoms with Crippen molar-refractivity contribution >= 4 is 5.65 Å². The highest BCUT2D eigenvalue weighted by molar-refractivity contribution is 5.34. The summed E-state index contributed by atoms with van der Waals surface area (Å²) in [4.78, 5) is 18.7. The van der Waals surface area contributed by atoms with E-state index in [-0.39, 0.29) is 5.69 Å². The molecule has 0 saturated heterocycles. The van der Waals surface area contributed by atoms with Crippen molar-refractivity contribution in [2.24, 2.45) is 0 Å². The van der Waals surface area contributed by atoms with Gasteiger partial charge in [0.15, 0.2) is 5.65 Å². The average Bonchev–Trinajstić information content (AvgIpc) is 2.34. The van der Waals surface area contributed by atoms with Gasteiger partial charge in [0, 0.05) is 12.3 Å². The Morgan fingerprint density at radius 1 is 1.55 bits per heavy atom. The number of H-pyrrole nitrogens is 1. The fourth-order valence-electron chi connectivity index (χ4n) is 0.947. The lowest BCUT2D eigenvalue weighted by molar-refractivity contribution is 0.820. The van der Waals surface area contributed by atoms with E-state index in [0.717, 1.165) is 0 Å². The van der Waals surface area contributed by atoms with Crippen LogP contribution in [0.3, 0.4) is 0 Å². The maximum atomic E-state index is 11.0. The second-order valence-electron chi connectivity index (χ2n) is 2.21. The Labute approximate surface area is 61.7 Å². The van der Waals surface area contributed by atoms with Crippen LogP contribution in [0.25, 0.3) is 5.65 Å². The Hall–Kier alpha value is -1.65. The summed E-state index contributed by atoms with van der Waals surface area (Å²) in [6.45, 7) is 1.69. The summed E-state index contributed by atoms with van der Waals surface area (Å²) in [7, 11) is 0. The van der Waals surface area contributed by atoms with E-state index in [0.29, 0.717) is 11.5 Å². The minimum atomic E-state index is -0.322. The maximum absolute atomic E-state index is 11.0. The molecule has 2 aromatic rings. The molecule has 0 atom stereocenters. The summed E-state index contributed by atoms with van der Waals surface area (Å²) in [5, 5.41) is 2.69. The topological polar surface area (TPSA) is 63.1 Å². The van der Waals surface area contributed by atoms with Gasteiger partial charge in [-0.2, -0.15) is 9.50 Å². The highest BCUT2D eigenvalue weighted by atomic mass is 16.1. The number of aromatic amines is 1. The van der Waals surface area contributed by atoms with Crippen molar-refractivity contribution in [2.45, 2.75) is 6.92 Å². The van der Waals surface area contributed by atoms with Crippen molar-refractivity contribution in [3.63, 3.8) is 0 Å². The van der Waals surface area contributed by atoms with Crippen LogP contribution in [0.5, 0.6) is 0 Å². The predicted molar refractivity (Wildman–Crippen MR) is 38.3 cm³/mol. The predicted octanol–water partition coefficient (Wildman–Crippen LogP) is -0.274. The summed E-state index contributed by atoms with van der Waals surface area (Å²) >= 11 is 0. The third-order valence-corrected chi connectivity index (χ3v) is 1.39. The number of rotatable bonds is 0. The first-order valence-electron chi connectivity index (χ1n) is 3.18. The van der Waals surface area contributed by atoms with Gasteiger partial charge in [-0.1, -0.05) is 0 Å². The molecule has 0 amide bonds. The Bertz CT molecular complexity index is 441. The van der Waals surface area contributed by atoms with Gasteiger partial charge in [-0.25, -0.2) is 9.78 Å². The Kier molecular flexibility index (Phi) is 1.06. The number of fused-ring (bicyclic) bond motifs is 1. The molecule has 0 spiro atoms. The minimum absolute atomic E-state index is 0.322. The number of nitrogens with zero attached hydrogens (tertiary/aromatic N) is 3. The monoisotopic (exact) mass is 150 g/mol. The summed E-state index contributed by atoms with van der Waals surface area (Å²) in [6, 6.07) is 1.72. The number of hydrogen-bond acceptors (Lipinski definition) is 3. The smallest absolute Gasteiger partial charge is 0.296 e. The van der Waals surface area contributed by atoms with Gasteiger partial charge in [-0.05, 0) is 6.92 Å². The lowest BCUT2D eigenvalue weighted by atomic mass is 10.6.